The summed E-state index contributed by atoms with van der Waals surface area (Å²) in [4.78, 5) is 24.9. The number of fused-ring (bicyclic) bond motifs is 1. The van der Waals surface area contributed by atoms with E-state index in [1.54, 1.807) is 24.3 Å². The number of benzene rings is 1. The monoisotopic (exact) mass is 277 g/mol. The molecule has 2 amide bonds. The Kier molecular flexibility index (Phi) is 3.52. The summed E-state index contributed by atoms with van der Waals surface area (Å²) in [6.45, 7) is 1.98. The molecule has 6 heteroatoms. The molecule has 6 nitrogen and oxygen atoms in total. The first-order chi connectivity index (χ1) is 9.70. The zero-order valence-corrected chi connectivity index (χ0v) is 10.8. The Morgan fingerprint density at radius 1 is 1.05 bits per heavy atom. The largest absolute Gasteiger partial charge is 0.394 e. The molecule has 0 radical (unpaired) electrons. The maximum atomic E-state index is 11.8. The number of nitrogens with zero attached hydrogens (tertiary/aromatic N) is 1. The molecule has 2 unspecified atom stereocenters. The van der Waals surface area contributed by atoms with Crippen LogP contribution in [0.25, 0.3) is 0 Å². The second kappa shape index (κ2) is 5.32. The molecule has 0 bridgehead atoms. The van der Waals surface area contributed by atoms with Gasteiger partial charge in [0.05, 0.1) is 43.6 Å². The normalized spacial score (nSPS) is 25.9. The van der Waals surface area contributed by atoms with Gasteiger partial charge in [-0.05, 0) is 12.1 Å². The van der Waals surface area contributed by atoms with Gasteiger partial charge >= 0.3 is 0 Å². The van der Waals surface area contributed by atoms with Crippen LogP contribution in [0.3, 0.4) is 0 Å². The summed E-state index contributed by atoms with van der Waals surface area (Å²) < 4.78 is 9.63. The molecular formula is C14H15NO5. The fourth-order valence-corrected chi connectivity index (χ4v) is 1.96. The zero-order valence-electron chi connectivity index (χ0n) is 10.8. The fraction of sp³-hybridized carbons (Fsp3) is 0.429. The maximum Gasteiger partial charge on any atom is 0.261 e. The second-order valence-electron chi connectivity index (χ2n) is 4.86. The van der Waals surface area contributed by atoms with E-state index in [2.05, 4.69) is 4.74 Å². The number of carbonyl (C=O) groups is 2. The SMILES string of the molecule is O=C1c2ccccc2C(=O)N1CC1CO1.OCC1CO1. The first kappa shape index (κ1) is 13.2. The summed E-state index contributed by atoms with van der Waals surface area (Å²) >= 11 is 0. The van der Waals surface area contributed by atoms with Crippen LogP contribution in [0.2, 0.25) is 0 Å². The molecule has 1 N–H and O–H groups in total. The molecular weight excluding hydrogens is 262 g/mol. The first-order valence-electron chi connectivity index (χ1n) is 6.50. The number of ether oxygens (including phenoxy) is 2. The van der Waals surface area contributed by atoms with Gasteiger partial charge in [-0.25, -0.2) is 0 Å². The molecule has 3 aliphatic heterocycles. The van der Waals surface area contributed by atoms with Crippen LogP contribution in [0.15, 0.2) is 24.3 Å². The zero-order chi connectivity index (χ0) is 14.1. The van der Waals surface area contributed by atoms with E-state index < -0.39 is 0 Å². The number of carbonyl (C=O) groups excluding carboxylic acids is 2. The molecule has 0 aromatic heterocycles. The summed E-state index contributed by atoms with van der Waals surface area (Å²) in [5.74, 6) is -0.405. The number of hydrogen-bond donors (Lipinski definition) is 1. The van der Waals surface area contributed by atoms with Gasteiger partial charge in [0.15, 0.2) is 0 Å². The van der Waals surface area contributed by atoms with E-state index in [1.165, 1.54) is 4.90 Å². The minimum Gasteiger partial charge on any atom is -0.394 e. The van der Waals surface area contributed by atoms with Crippen LogP contribution in [0.4, 0.5) is 0 Å². The highest BCUT2D eigenvalue weighted by atomic mass is 16.6. The van der Waals surface area contributed by atoms with Crippen LogP contribution in [0.1, 0.15) is 20.7 Å². The van der Waals surface area contributed by atoms with Crippen molar-refractivity contribution in [3.63, 3.8) is 0 Å². The van der Waals surface area contributed by atoms with Crippen molar-refractivity contribution >= 4 is 11.8 Å². The minimum absolute atomic E-state index is 0.0483. The summed E-state index contributed by atoms with van der Waals surface area (Å²) in [7, 11) is 0. The van der Waals surface area contributed by atoms with E-state index >= 15 is 0 Å². The Morgan fingerprint density at radius 2 is 1.55 bits per heavy atom. The van der Waals surface area contributed by atoms with Gasteiger partial charge in [0.2, 0.25) is 0 Å². The predicted octanol–water partition coefficient (Wildman–Crippen LogP) is 0.0589. The quantitative estimate of drug-likeness (QED) is 0.624. The third-order valence-electron chi connectivity index (χ3n) is 3.27. The van der Waals surface area contributed by atoms with E-state index in [0.29, 0.717) is 24.3 Å². The Labute approximate surface area is 115 Å². The van der Waals surface area contributed by atoms with Gasteiger partial charge in [-0.1, -0.05) is 12.1 Å². The lowest BCUT2D eigenvalue weighted by molar-refractivity contribution is 0.0642. The molecule has 2 atom stereocenters. The topological polar surface area (TPSA) is 82.7 Å². The Balaban J connectivity index is 0.000000205. The maximum absolute atomic E-state index is 11.8. The predicted molar refractivity (Wildman–Crippen MR) is 68.4 cm³/mol. The average Bonchev–Trinajstić information content (AvgIpc) is 3.38. The third kappa shape index (κ3) is 2.72. The van der Waals surface area contributed by atoms with Crippen LogP contribution in [0, 0.1) is 0 Å². The summed E-state index contributed by atoms with van der Waals surface area (Å²) in [5, 5.41) is 8.08. The lowest BCUT2D eigenvalue weighted by atomic mass is 10.1. The highest BCUT2D eigenvalue weighted by molar-refractivity contribution is 6.21. The van der Waals surface area contributed by atoms with Crippen molar-refractivity contribution in [2.45, 2.75) is 12.2 Å². The Morgan fingerprint density at radius 3 is 1.90 bits per heavy atom. The number of aliphatic hydroxyl groups is 1. The Bertz CT molecular complexity index is 501. The van der Waals surface area contributed by atoms with E-state index in [0.717, 1.165) is 6.61 Å². The van der Waals surface area contributed by atoms with Crippen molar-refractivity contribution in [3.8, 4) is 0 Å². The molecule has 4 rings (SSSR count). The number of hydrogen-bond acceptors (Lipinski definition) is 5. The van der Waals surface area contributed by atoms with Gasteiger partial charge in [0, 0.05) is 0 Å². The fourth-order valence-electron chi connectivity index (χ4n) is 1.96. The van der Waals surface area contributed by atoms with Crippen LogP contribution < -0.4 is 0 Å². The van der Waals surface area contributed by atoms with E-state index in [9.17, 15) is 9.59 Å². The van der Waals surface area contributed by atoms with Crippen LogP contribution >= 0.6 is 0 Å². The lowest BCUT2D eigenvalue weighted by Crippen LogP contribution is -2.33. The number of imide groups is 1. The number of amides is 2. The molecule has 3 aliphatic rings. The van der Waals surface area contributed by atoms with Crippen LogP contribution in [0.5, 0.6) is 0 Å². The van der Waals surface area contributed by atoms with Crippen molar-refractivity contribution in [1.29, 1.82) is 0 Å². The van der Waals surface area contributed by atoms with Crippen LogP contribution in [-0.2, 0) is 9.47 Å². The van der Waals surface area contributed by atoms with E-state index in [4.69, 9.17) is 9.84 Å². The lowest BCUT2D eigenvalue weighted by Gasteiger charge is -2.10. The molecule has 0 aliphatic carbocycles. The van der Waals surface area contributed by atoms with Gasteiger partial charge in [0.25, 0.3) is 11.8 Å². The molecule has 1 aromatic rings. The standard InChI is InChI=1S/C11H9NO3.C3H6O2/c13-10-8-3-1-2-4-9(8)11(14)12(10)5-7-6-15-7;4-1-3-2-5-3/h1-4,7H,5-6H2;3-4H,1-2H2. The number of rotatable bonds is 3. The molecule has 0 spiro atoms. The average molecular weight is 277 g/mol. The van der Waals surface area contributed by atoms with Crippen molar-refractivity contribution in [2.24, 2.45) is 0 Å². The van der Waals surface area contributed by atoms with E-state index in [-0.39, 0.29) is 30.6 Å². The van der Waals surface area contributed by atoms with Crippen molar-refractivity contribution in [3.05, 3.63) is 35.4 Å². The molecule has 0 saturated carbocycles. The minimum atomic E-state index is -0.203. The van der Waals surface area contributed by atoms with Gasteiger partial charge in [-0.2, -0.15) is 0 Å². The van der Waals surface area contributed by atoms with Crippen molar-refractivity contribution in [1.82, 2.24) is 4.90 Å². The molecule has 1 aromatic carbocycles. The Hall–Kier alpha value is -1.76. The van der Waals surface area contributed by atoms with Crippen LogP contribution in [-0.4, -0.2) is 60.4 Å². The molecule has 3 heterocycles. The number of aliphatic hydroxyl groups excluding tert-OH is 1. The summed E-state index contributed by atoms with van der Waals surface area (Å²) in [6.07, 6.45) is 0.238. The first-order valence-corrected chi connectivity index (χ1v) is 6.50. The van der Waals surface area contributed by atoms with Gasteiger partial charge < -0.3 is 14.6 Å². The number of epoxide rings is 2. The van der Waals surface area contributed by atoms with Crippen molar-refractivity contribution < 1.29 is 24.2 Å². The molecule has 2 saturated heterocycles. The van der Waals surface area contributed by atoms with Crippen molar-refractivity contribution in [2.75, 3.05) is 26.4 Å². The highest BCUT2D eigenvalue weighted by Crippen LogP contribution is 2.24. The second-order valence-corrected chi connectivity index (χ2v) is 4.86. The molecule has 2 fully saturated rings. The molecule has 106 valence electrons. The van der Waals surface area contributed by atoms with Gasteiger partial charge in [-0.15, -0.1) is 0 Å². The summed E-state index contributed by atoms with van der Waals surface area (Å²) in [6, 6.07) is 6.90. The van der Waals surface area contributed by atoms with E-state index in [1.807, 2.05) is 0 Å². The molecule has 20 heavy (non-hydrogen) atoms. The smallest absolute Gasteiger partial charge is 0.261 e. The van der Waals surface area contributed by atoms with Gasteiger partial charge in [0.1, 0.15) is 6.10 Å². The summed E-state index contributed by atoms with van der Waals surface area (Å²) in [5.41, 5.74) is 1.01. The third-order valence-corrected chi connectivity index (χ3v) is 3.27. The van der Waals surface area contributed by atoms with Gasteiger partial charge in [-0.3, -0.25) is 14.5 Å². The highest BCUT2D eigenvalue weighted by Gasteiger charge is 2.38.